The lowest BCUT2D eigenvalue weighted by Crippen LogP contribution is -2.68. The summed E-state index contributed by atoms with van der Waals surface area (Å²) in [7, 11) is 12.7. The van der Waals surface area contributed by atoms with Gasteiger partial charge in [0, 0.05) is 42.3 Å². The van der Waals surface area contributed by atoms with Crippen LogP contribution in [0.3, 0.4) is 0 Å². The van der Waals surface area contributed by atoms with Crippen LogP contribution in [-0.4, -0.2) is 91.8 Å². The molecule has 0 bridgehead atoms. The van der Waals surface area contributed by atoms with Crippen molar-refractivity contribution < 1.29 is 0 Å². The van der Waals surface area contributed by atoms with Crippen molar-refractivity contribution in [3.63, 3.8) is 0 Å². The van der Waals surface area contributed by atoms with Crippen molar-refractivity contribution in [1.29, 1.82) is 0 Å². The van der Waals surface area contributed by atoms with E-state index >= 15 is 0 Å². The quantitative estimate of drug-likeness (QED) is 0.705. The van der Waals surface area contributed by atoms with E-state index in [0.29, 0.717) is 6.17 Å². The maximum atomic E-state index is 2.41. The lowest BCUT2D eigenvalue weighted by atomic mass is 10.2. The van der Waals surface area contributed by atoms with E-state index < -0.39 is 0 Å². The van der Waals surface area contributed by atoms with Crippen molar-refractivity contribution in [3.05, 3.63) is 0 Å². The van der Waals surface area contributed by atoms with E-state index in [-0.39, 0.29) is 0 Å². The molecule has 108 valence electrons. The largest absolute Gasteiger partial charge is 0.245 e. The molecule has 18 heavy (non-hydrogen) atoms. The second kappa shape index (κ2) is 6.79. The van der Waals surface area contributed by atoms with E-state index in [1.807, 2.05) is 0 Å². The first-order chi connectivity index (χ1) is 8.38. The third-order valence-electron chi connectivity index (χ3n) is 3.44. The molecule has 6 heteroatoms. The van der Waals surface area contributed by atoms with Crippen molar-refractivity contribution in [2.75, 3.05) is 55.6 Å². The lowest BCUT2D eigenvalue weighted by Gasteiger charge is -2.53. The summed E-state index contributed by atoms with van der Waals surface area (Å²) >= 11 is 0. The molecule has 0 aliphatic carbocycles. The van der Waals surface area contributed by atoms with Crippen LogP contribution in [0.1, 0.15) is 19.8 Å². The number of hydrogen-bond donors (Lipinski definition) is 0. The Kier molecular flexibility index (Phi) is 5.97. The normalized spacial score (nSPS) is 21.7. The Hall–Kier alpha value is -0.240. The van der Waals surface area contributed by atoms with Crippen LogP contribution in [0.4, 0.5) is 0 Å². The van der Waals surface area contributed by atoms with Gasteiger partial charge < -0.3 is 0 Å². The molecule has 1 aliphatic rings. The summed E-state index contributed by atoms with van der Waals surface area (Å²) in [6.07, 6.45) is 2.81. The Labute approximate surface area is 112 Å². The fourth-order valence-corrected chi connectivity index (χ4v) is 2.32. The fraction of sp³-hybridized carbons (Fsp3) is 1.00. The minimum Gasteiger partial charge on any atom is -0.245 e. The van der Waals surface area contributed by atoms with Gasteiger partial charge in [0.1, 0.15) is 0 Å². The van der Waals surface area contributed by atoms with E-state index in [0.717, 1.165) is 13.3 Å². The molecule has 6 nitrogen and oxygen atoms in total. The average Bonchev–Trinajstić information content (AvgIpc) is 2.28. The smallest absolute Gasteiger partial charge is 0.0923 e. The van der Waals surface area contributed by atoms with E-state index in [1.165, 1.54) is 12.8 Å². The molecule has 0 atom stereocenters. The predicted molar refractivity (Wildman–Crippen MR) is 75.0 cm³/mol. The SMILES string of the molecule is CCCC1N(N(C)C)CN(N(C)C)CN1N(C)C. The molecule has 1 heterocycles. The first-order valence-corrected chi connectivity index (χ1v) is 6.68. The number of rotatable bonds is 5. The zero-order chi connectivity index (χ0) is 13.9. The van der Waals surface area contributed by atoms with Gasteiger partial charge in [0.2, 0.25) is 0 Å². The van der Waals surface area contributed by atoms with Gasteiger partial charge in [0.15, 0.2) is 0 Å². The highest BCUT2D eigenvalue weighted by Gasteiger charge is 2.35. The molecule has 1 aliphatic heterocycles. The van der Waals surface area contributed by atoms with Gasteiger partial charge in [0.05, 0.1) is 19.5 Å². The Morgan fingerprint density at radius 2 is 1.28 bits per heavy atom. The molecule has 0 aromatic heterocycles. The first-order valence-electron chi connectivity index (χ1n) is 6.68. The Balaban J connectivity index is 2.89. The van der Waals surface area contributed by atoms with Gasteiger partial charge in [0.25, 0.3) is 0 Å². The van der Waals surface area contributed by atoms with Crippen molar-refractivity contribution in [1.82, 2.24) is 30.1 Å². The minimum absolute atomic E-state index is 0.441. The van der Waals surface area contributed by atoms with Gasteiger partial charge >= 0.3 is 0 Å². The maximum Gasteiger partial charge on any atom is 0.0923 e. The summed E-state index contributed by atoms with van der Waals surface area (Å²) in [6, 6.07) is 0. The molecule has 0 aromatic rings. The molecular formula is C12H30N6. The lowest BCUT2D eigenvalue weighted by molar-refractivity contribution is -0.261. The third-order valence-corrected chi connectivity index (χ3v) is 3.44. The number of hydrogen-bond acceptors (Lipinski definition) is 6. The van der Waals surface area contributed by atoms with E-state index in [1.54, 1.807) is 0 Å². The second-order valence-corrected chi connectivity index (χ2v) is 5.48. The summed E-state index contributed by atoms with van der Waals surface area (Å²) < 4.78 is 0. The van der Waals surface area contributed by atoms with Crippen LogP contribution in [0.15, 0.2) is 0 Å². The molecule has 1 fully saturated rings. The molecule has 0 radical (unpaired) electrons. The number of nitrogens with zero attached hydrogens (tertiary/aromatic N) is 6. The second-order valence-electron chi connectivity index (χ2n) is 5.48. The topological polar surface area (TPSA) is 19.4 Å². The van der Waals surface area contributed by atoms with E-state index in [2.05, 4.69) is 79.3 Å². The van der Waals surface area contributed by atoms with Crippen LogP contribution in [0, 0.1) is 0 Å². The molecule has 1 saturated heterocycles. The van der Waals surface area contributed by atoms with Gasteiger partial charge in [-0.05, 0) is 6.42 Å². The zero-order valence-corrected chi connectivity index (χ0v) is 13.1. The molecule has 0 unspecified atom stereocenters. The van der Waals surface area contributed by atoms with Gasteiger partial charge in [-0.3, -0.25) is 0 Å². The molecular weight excluding hydrogens is 228 g/mol. The fourth-order valence-electron chi connectivity index (χ4n) is 2.32. The summed E-state index contributed by atoms with van der Waals surface area (Å²) in [5.74, 6) is 0. The highest BCUT2D eigenvalue weighted by atomic mass is 15.8. The Morgan fingerprint density at radius 3 is 1.56 bits per heavy atom. The summed E-state index contributed by atoms with van der Waals surface area (Å²) in [4.78, 5) is 0. The third kappa shape index (κ3) is 3.63. The molecule has 0 N–H and O–H groups in total. The Bertz CT molecular complexity index is 225. The highest BCUT2D eigenvalue weighted by Crippen LogP contribution is 2.21. The molecule has 1 rings (SSSR count). The first kappa shape index (κ1) is 15.8. The van der Waals surface area contributed by atoms with Crippen LogP contribution >= 0.6 is 0 Å². The van der Waals surface area contributed by atoms with E-state index in [9.17, 15) is 0 Å². The molecule has 0 aromatic carbocycles. The molecule has 0 saturated carbocycles. The maximum absolute atomic E-state index is 2.41. The summed E-state index contributed by atoms with van der Waals surface area (Å²) in [6.45, 7) is 4.13. The zero-order valence-electron chi connectivity index (χ0n) is 13.1. The van der Waals surface area contributed by atoms with Crippen LogP contribution in [-0.2, 0) is 0 Å². The van der Waals surface area contributed by atoms with Gasteiger partial charge in [-0.2, -0.15) is 0 Å². The molecule has 0 spiro atoms. The van der Waals surface area contributed by atoms with Crippen LogP contribution in [0.25, 0.3) is 0 Å². The van der Waals surface area contributed by atoms with Crippen molar-refractivity contribution in [3.8, 4) is 0 Å². The van der Waals surface area contributed by atoms with Crippen molar-refractivity contribution in [2.45, 2.75) is 25.9 Å². The summed E-state index contributed by atoms with van der Waals surface area (Å²) in [5.41, 5.74) is 0. The van der Waals surface area contributed by atoms with Gasteiger partial charge in [-0.25, -0.2) is 30.1 Å². The van der Waals surface area contributed by atoms with Crippen LogP contribution in [0.5, 0.6) is 0 Å². The summed E-state index contributed by atoms with van der Waals surface area (Å²) in [5, 5.41) is 13.7. The predicted octanol–water partition coefficient (Wildman–Crippen LogP) is 0.377. The van der Waals surface area contributed by atoms with E-state index in [4.69, 9.17) is 0 Å². The average molecular weight is 258 g/mol. The monoisotopic (exact) mass is 258 g/mol. The van der Waals surface area contributed by atoms with Crippen LogP contribution in [0.2, 0.25) is 0 Å². The van der Waals surface area contributed by atoms with Crippen molar-refractivity contribution in [2.24, 2.45) is 0 Å². The van der Waals surface area contributed by atoms with Gasteiger partial charge in [-0.15, -0.1) is 0 Å². The highest BCUT2D eigenvalue weighted by molar-refractivity contribution is 4.73. The van der Waals surface area contributed by atoms with Gasteiger partial charge in [-0.1, -0.05) is 13.3 Å². The number of hydrazine groups is 3. The van der Waals surface area contributed by atoms with Crippen LogP contribution < -0.4 is 0 Å². The Morgan fingerprint density at radius 1 is 0.833 bits per heavy atom. The standard InChI is InChI=1S/C12H30N6/c1-8-9-12-17(14(4)5)10-16(13(2)3)11-18(12)15(6)7/h12H,8-11H2,1-7H3. The molecule has 0 amide bonds. The van der Waals surface area contributed by atoms with Crippen molar-refractivity contribution >= 4 is 0 Å². The minimum atomic E-state index is 0.441.